The van der Waals surface area contributed by atoms with Gasteiger partial charge in [-0.1, -0.05) is 6.07 Å². The number of hydrogen-bond acceptors (Lipinski definition) is 4. The van der Waals surface area contributed by atoms with Gasteiger partial charge in [-0.25, -0.2) is 18.7 Å². The predicted molar refractivity (Wildman–Crippen MR) is 85.8 cm³/mol. The summed E-state index contributed by atoms with van der Waals surface area (Å²) in [4.78, 5) is 22.6. The Labute approximate surface area is 151 Å². The van der Waals surface area contributed by atoms with Crippen LogP contribution in [-0.4, -0.2) is 40.4 Å². The standard InChI is InChI=1S/C17H15F5N4O/c1-10-23-14(17(20,21)22)7-15(24-10)25-4-5-26(16(27)9-25)8-11-2-3-12(18)13(19)6-11/h2-3,6-7H,4-5,8-9H2,1H3. The van der Waals surface area contributed by atoms with Gasteiger partial charge in [-0.05, 0) is 24.6 Å². The Hall–Kier alpha value is -2.78. The molecule has 0 spiro atoms. The Morgan fingerprint density at radius 3 is 2.44 bits per heavy atom. The lowest BCUT2D eigenvalue weighted by molar-refractivity contribution is -0.141. The van der Waals surface area contributed by atoms with Gasteiger partial charge in [0.25, 0.3) is 0 Å². The summed E-state index contributed by atoms with van der Waals surface area (Å²) in [5, 5.41) is 0. The molecular formula is C17H15F5N4O. The van der Waals surface area contributed by atoms with Crippen molar-refractivity contribution in [3.8, 4) is 0 Å². The first-order chi connectivity index (χ1) is 12.6. The van der Waals surface area contributed by atoms with Crippen molar-refractivity contribution in [2.75, 3.05) is 24.5 Å². The monoisotopic (exact) mass is 386 g/mol. The van der Waals surface area contributed by atoms with Gasteiger partial charge in [-0.2, -0.15) is 13.2 Å². The number of piperazine rings is 1. The van der Waals surface area contributed by atoms with Gasteiger partial charge in [0, 0.05) is 25.7 Å². The fourth-order valence-corrected chi connectivity index (χ4v) is 2.79. The van der Waals surface area contributed by atoms with Crippen molar-refractivity contribution < 1.29 is 26.7 Å². The number of anilines is 1. The van der Waals surface area contributed by atoms with Crippen LogP contribution in [0.4, 0.5) is 27.8 Å². The average Bonchev–Trinajstić information content (AvgIpc) is 2.58. The zero-order valence-corrected chi connectivity index (χ0v) is 14.2. The van der Waals surface area contributed by atoms with Crippen LogP contribution in [0, 0.1) is 18.6 Å². The van der Waals surface area contributed by atoms with Crippen molar-refractivity contribution in [3.05, 3.63) is 53.0 Å². The molecule has 0 bridgehead atoms. The first kappa shape index (κ1) is 19.0. The van der Waals surface area contributed by atoms with E-state index in [1.54, 1.807) is 0 Å². The van der Waals surface area contributed by atoms with Crippen LogP contribution in [0.2, 0.25) is 0 Å². The number of hydrogen-bond donors (Lipinski definition) is 0. The van der Waals surface area contributed by atoms with E-state index < -0.39 is 23.5 Å². The molecule has 0 aliphatic carbocycles. The fourth-order valence-electron chi connectivity index (χ4n) is 2.79. The lowest BCUT2D eigenvalue weighted by atomic mass is 10.2. The number of carbonyl (C=O) groups is 1. The molecule has 10 heteroatoms. The topological polar surface area (TPSA) is 49.3 Å². The molecule has 0 unspecified atom stereocenters. The van der Waals surface area contributed by atoms with Gasteiger partial charge in [-0.3, -0.25) is 4.79 Å². The maximum Gasteiger partial charge on any atom is 0.433 e. The van der Waals surface area contributed by atoms with Crippen molar-refractivity contribution in [1.29, 1.82) is 0 Å². The maximum atomic E-state index is 13.3. The van der Waals surface area contributed by atoms with Gasteiger partial charge in [0.15, 0.2) is 11.6 Å². The third kappa shape index (κ3) is 4.32. The minimum Gasteiger partial charge on any atom is -0.345 e. The summed E-state index contributed by atoms with van der Waals surface area (Å²) >= 11 is 0. The van der Waals surface area contributed by atoms with Crippen LogP contribution in [0.15, 0.2) is 24.3 Å². The molecule has 5 nitrogen and oxygen atoms in total. The summed E-state index contributed by atoms with van der Waals surface area (Å²) in [5.41, 5.74) is -0.644. The number of rotatable bonds is 3. The number of halogens is 5. The lowest BCUT2D eigenvalue weighted by Crippen LogP contribution is -2.50. The normalized spacial score (nSPS) is 15.4. The Bertz CT molecular complexity index is 871. The van der Waals surface area contributed by atoms with Gasteiger partial charge >= 0.3 is 6.18 Å². The molecular weight excluding hydrogens is 371 g/mol. The Morgan fingerprint density at radius 1 is 1.07 bits per heavy atom. The number of carbonyl (C=O) groups excluding carboxylic acids is 1. The highest BCUT2D eigenvalue weighted by Crippen LogP contribution is 2.30. The second-order valence-electron chi connectivity index (χ2n) is 6.14. The van der Waals surface area contributed by atoms with Gasteiger partial charge < -0.3 is 9.80 Å². The molecule has 1 fully saturated rings. The van der Waals surface area contributed by atoms with E-state index in [2.05, 4.69) is 9.97 Å². The summed E-state index contributed by atoms with van der Waals surface area (Å²) in [6.45, 7) is 1.73. The third-order valence-electron chi connectivity index (χ3n) is 4.11. The summed E-state index contributed by atoms with van der Waals surface area (Å²) < 4.78 is 65.0. The second-order valence-corrected chi connectivity index (χ2v) is 6.14. The van der Waals surface area contributed by atoms with Gasteiger partial charge in [0.05, 0.1) is 6.54 Å². The molecule has 1 aliphatic heterocycles. The molecule has 0 saturated carbocycles. The van der Waals surface area contributed by atoms with E-state index in [1.807, 2.05) is 0 Å². The highest BCUT2D eigenvalue weighted by atomic mass is 19.4. The predicted octanol–water partition coefficient (Wildman–Crippen LogP) is 2.93. The molecule has 1 saturated heterocycles. The highest BCUT2D eigenvalue weighted by molar-refractivity contribution is 5.82. The van der Waals surface area contributed by atoms with Crippen molar-refractivity contribution in [1.82, 2.24) is 14.9 Å². The van der Waals surface area contributed by atoms with Crippen LogP contribution in [0.1, 0.15) is 17.1 Å². The van der Waals surface area contributed by atoms with E-state index >= 15 is 0 Å². The van der Waals surface area contributed by atoms with E-state index in [4.69, 9.17) is 0 Å². The molecule has 2 aromatic rings. The largest absolute Gasteiger partial charge is 0.433 e. The first-order valence-corrected chi connectivity index (χ1v) is 8.03. The molecule has 3 rings (SSSR count). The third-order valence-corrected chi connectivity index (χ3v) is 4.11. The van der Waals surface area contributed by atoms with Crippen LogP contribution in [-0.2, 0) is 17.5 Å². The molecule has 1 amide bonds. The Morgan fingerprint density at radius 2 is 1.81 bits per heavy atom. The van der Waals surface area contributed by atoms with Crippen molar-refractivity contribution in [2.45, 2.75) is 19.6 Å². The van der Waals surface area contributed by atoms with Crippen LogP contribution in [0.3, 0.4) is 0 Å². The lowest BCUT2D eigenvalue weighted by Gasteiger charge is -2.35. The summed E-state index contributed by atoms with van der Waals surface area (Å²) in [5.74, 6) is -2.35. The molecule has 144 valence electrons. The van der Waals surface area contributed by atoms with Crippen LogP contribution >= 0.6 is 0 Å². The zero-order valence-electron chi connectivity index (χ0n) is 14.2. The number of alkyl halides is 3. The smallest absolute Gasteiger partial charge is 0.345 e. The van der Waals surface area contributed by atoms with E-state index in [0.717, 1.165) is 18.2 Å². The summed E-state index contributed by atoms with van der Waals surface area (Å²) in [6, 6.07) is 4.18. The average molecular weight is 386 g/mol. The molecule has 0 radical (unpaired) electrons. The zero-order chi connectivity index (χ0) is 19.8. The summed E-state index contributed by atoms with van der Waals surface area (Å²) in [6.07, 6.45) is -4.61. The number of aromatic nitrogens is 2. The molecule has 1 aromatic heterocycles. The minimum absolute atomic E-state index is 0.0238. The van der Waals surface area contributed by atoms with Crippen LogP contribution in [0.5, 0.6) is 0 Å². The number of amides is 1. The quantitative estimate of drug-likeness (QED) is 0.762. The minimum atomic E-state index is -4.61. The maximum absolute atomic E-state index is 13.3. The van der Waals surface area contributed by atoms with E-state index in [-0.39, 0.29) is 43.7 Å². The second kappa shape index (κ2) is 7.09. The first-order valence-electron chi connectivity index (χ1n) is 8.03. The van der Waals surface area contributed by atoms with Gasteiger partial charge in [0.2, 0.25) is 5.91 Å². The molecule has 27 heavy (non-hydrogen) atoms. The molecule has 2 heterocycles. The molecule has 0 N–H and O–H groups in total. The van der Waals surface area contributed by atoms with Crippen LogP contribution < -0.4 is 4.90 Å². The number of benzene rings is 1. The van der Waals surface area contributed by atoms with Crippen LogP contribution in [0.25, 0.3) is 0 Å². The van der Waals surface area contributed by atoms with Crippen molar-refractivity contribution in [2.24, 2.45) is 0 Å². The Balaban J connectivity index is 1.72. The molecule has 0 atom stereocenters. The van der Waals surface area contributed by atoms with Crippen molar-refractivity contribution in [3.63, 3.8) is 0 Å². The van der Waals surface area contributed by atoms with E-state index in [0.29, 0.717) is 5.56 Å². The van der Waals surface area contributed by atoms with E-state index in [9.17, 15) is 26.7 Å². The number of aryl methyl sites for hydroxylation is 1. The van der Waals surface area contributed by atoms with E-state index in [1.165, 1.54) is 22.8 Å². The highest BCUT2D eigenvalue weighted by Gasteiger charge is 2.34. The molecule has 1 aromatic carbocycles. The molecule has 1 aliphatic rings. The number of nitrogens with zero attached hydrogens (tertiary/aromatic N) is 4. The van der Waals surface area contributed by atoms with Gasteiger partial charge in [-0.15, -0.1) is 0 Å². The fraction of sp³-hybridized carbons (Fsp3) is 0.353. The SMILES string of the molecule is Cc1nc(N2CCN(Cc3ccc(F)c(F)c3)C(=O)C2)cc(C(F)(F)F)n1. The van der Waals surface area contributed by atoms with Gasteiger partial charge in [0.1, 0.15) is 17.3 Å². The Kier molecular flexibility index (Phi) is 4.99. The van der Waals surface area contributed by atoms with Crippen molar-refractivity contribution >= 4 is 11.7 Å². The summed E-state index contributed by atoms with van der Waals surface area (Å²) in [7, 11) is 0.